The van der Waals surface area contributed by atoms with Crippen LogP contribution in [0.15, 0.2) is 12.3 Å². The third-order valence-electron chi connectivity index (χ3n) is 2.01. The minimum absolute atomic E-state index is 0.514. The van der Waals surface area contributed by atoms with E-state index < -0.39 is 0 Å². The summed E-state index contributed by atoms with van der Waals surface area (Å²) >= 11 is 0. The molecule has 0 radical (unpaired) electrons. The second kappa shape index (κ2) is 2.89. The largest absolute Gasteiger partial charge is 0.296 e. The molecule has 1 aromatic rings. The van der Waals surface area contributed by atoms with E-state index in [1.807, 2.05) is 6.07 Å². The highest BCUT2D eigenvalue weighted by molar-refractivity contribution is 5.71. The van der Waals surface area contributed by atoms with Crippen molar-refractivity contribution >= 4 is 18.4 Å². The molecular weight excluding hydrogens is 150 g/mol. The van der Waals surface area contributed by atoms with Gasteiger partial charge in [-0.3, -0.25) is 9.78 Å². The first kappa shape index (κ1) is 7.22. The van der Waals surface area contributed by atoms with E-state index in [0.29, 0.717) is 5.69 Å². The Morgan fingerprint density at radius 1 is 1.25 bits per heavy atom. The fourth-order valence-electron chi connectivity index (χ4n) is 1.39. The molecule has 12 heavy (non-hydrogen) atoms. The number of aromatic nitrogens is 1. The fraction of sp³-hybridized carbons (Fsp3) is 0.200. The summed E-state index contributed by atoms with van der Waals surface area (Å²) in [6, 6.07) is 1.83. The first-order valence-corrected chi connectivity index (χ1v) is 4.02. The molecule has 0 saturated heterocycles. The number of hydrogen-bond acceptors (Lipinski definition) is 2. The predicted molar refractivity (Wildman–Crippen MR) is 47.0 cm³/mol. The standard InChI is InChI=1S/C10H9NO/c12-7-10-5-8-3-1-2-4-9(8)6-11-10/h3-7H,1-2H2. The Morgan fingerprint density at radius 2 is 2.00 bits per heavy atom. The molecule has 0 atom stereocenters. The fourth-order valence-corrected chi connectivity index (χ4v) is 1.39. The lowest BCUT2D eigenvalue weighted by molar-refractivity contribution is 0.111. The molecule has 2 heteroatoms. The molecule has 0 N–H and O–H groups in total. The molecule has 1 aromatic heterocycles. The Balaban J connectivity index is 2.73. The van der Waals surface area contributed by atoms with E-state index >= 15 is 0 Å². The van der Waals surface area contributed by atoms with Crippen molar-refractivity contribution in [2.24, 2.45) is 0 Å². The molecule has 60 valence electrons. The van der Waals surface area contributed by atoms with Crippen molar-refractivity contribution in [1.82, 2.24) is 4.98 Å². The molecule has 0 spiro atoms. The van der Waals surface area contributed by atoms with E-state index in [1.165, 1.54) is 0 Å². The van der Waals surface area contributed by atoms with E-state index in [-0.39, 0.29) is 0 Å². The molecule has 1 aliphatic rings. The second-order valence-electron chi connectivity index (χ2n) is 2.84. The lowest BCUT2D eigenvalue weighted by Gasteiger charge is -1.98. The average molecular weight is 159 g/mol. The number of aldehydes is 1. The van der Waals surface area contributed by atoms with Gasteiger partial charge in [0.2, 0.25) is 0 Å². The third-order valence-corrected chi connectivity index (χ3v) is 2.01. The van der Waals surface area contributed by atoms with Gasteiger partial charge in [0.05, 0.1) is 0 Å². The van der Waals surface area contributed by atoms with Gasteiger partial charge >= 0.3 is 0 Å². The van der Waals surface area contributed by atoms with Crippen molar-refractivity contribution in [3.8, 4) is 0 Å². The molecule has 0 aromatic carbocycles. The van der Waals surface area contributed by atoms with Crippen molar-refractivity contribution in [3.05, 3.63) is 28.4 Å². The van der Waals surface area contributed by atoms with E-state index in [4.69, 9.17) is 0 Å². The molecule has 0 amide bonds. The molecule has 0 fully saturated rings. The van der Waals surface area contributed by atoms with Crippen molar-refractivity contribution < 1.29 is 4.79 Å². The van der Waals surface area contributed by atoms with Gasteiger partial charge in [-0.25, -0.2) is 0 Å². The molecule has 0 aliphatic heterocycles. The second-order valence-corrected chi connectivity index (χ2v) is 2.84. The lowest BCUT2D eigenvalue weighted by atomic mass is 10.1. The number of hydrogen-bond donors (Lipinski definition) is 0. The van der Waals surface area contributed by atoms with Crippen molar-refractivity contribution in [2.45, 2.75) is 12.8 Å². The average Bonchev–Trinajstić information content (AvgIpc) is 2.17. The summed E-state index contributed by atoms with van der Waals surface area (Å²) in [6.07, 6.45) is 8.98. The summed E-state index contributed by atoms with van der Waals surface area (Å²) in [5, 5.41) is 2.28. The van der Waals surface area contributed by atoms with Gasteiger partial charge in [0.25, 0.3) is 0 Å². The summed E-state index contributed by atoms with van der Waals surface area (Å²) in [7, 11) is 0. The van der Waals surface area contributed by atoms with Crippen LogP contribution in [0.2, 0.25) is 0 Å². The number of carbonyl (C=O) groups excluding carboxylic acids is 1. The summed E-state index contributed by atoms with van der Waals surface area (Å²) in [6.45, 7) is 0. The minimum Gasteiger partial charge on any atom is -0.296 e. The Hall–Kier alpha value is -1.44. The summed E-state index contributed by atoms with van der Waals surface area (Å²) in [5.41, 5.74) is 0.514. The van der Waals surface area contributed by atoms with E-state index in [1.54, 1.807) is 6.20 Å². The summed E-state index contributed by atoms with van der Waals surface area (Å²) in [4.78, 5) is 14.4. The van der Waals surface area contributed by atoms with Gasteiger partial charge in [0.15, 0.2) is 6.29 Å². The van der Waals surface area contributed by atoms with Gasteiger partial charge in [0, 0.05) is 6.20 Å². The van der Waals surface area contributed by atoms with Gasteiger partial charge in [-0.05, 0) is 29.3 Å². The Bertz CT molecular complexity index is 420. The van der Waals surface area contributed by atoms with Crippen LogP contribution in [0.1, 0.15) is 23.3 Å². The van der Waals surface area contributed by atoms with Gasteiger partial charge in [0.1, 0.15) is 5.69 Å². The molecule has 1 heterocycles. The molecule has 2 rings (SSSR count). The van der Waals surface area contributed by atoms with E-state index in [9.17, 15) is 4.79 Å². The molecular formula is C10H9NO. The zero-order valence-corrected chi connectivity index (χ0v) is 6.66. The van der Waals surface area contributed by atoms with Crippen LogP contribution < -0.4 is 10.4 Å². The Morgan fingerprint density at radius 3 is 2.75 bits per heavy atom. The zero-order chi connectivity index (χ0) is 8.39. The van der Waals surface area contributed by atoms with Gasteiger partial charge in [-0.15, -0.1) is 0 Å². The maximum Gasteiger partial charge on any atom is 0.168 e. The monoisotopic (exact) mass is 159 g/mol. The highest BCUT2D eigenvalue weighted by atomic mass is 16.1. The molecule has 2 nitrogen and oxygen atoms in total. The molecule has 0 bridgehead atoms. The summed E-state index contributed by atoms with van der Waals surface area (Å²) < 4.78 is 0. The number of rotatable bonds is 1. The number of fused-ring (bicyclic) bond motifs is 1. The molecule has 0 saturated carbocycles. The van der Waals surface area contributed by atoms with Gasteiger partial charge in [-0.2, -0.15) is 0 Å². The van der Waals surface area contributed by atoms with Crippen molar-refractivity contribution in [1.29, 1.82) is 0 Å². The maximum absolute atomic E-state index is 10.4. The third kappa shape index (κ3) is 1.16. The van der Waals surface area contributed by atoms with Crippen LogP contribution in [-0.4, -0.2) is 11.3 Å². The highest BCUT2D eigenvalue weighted by Gasteiger charge is 1.95. The molecule has 0 unspecified atom stereocenters. The predicted octanol–water partition coefficient (Wildman–Crippen LogP) is 0.249. The molecule has 1 aliphatic carbocycles. The topological polar surface area (TPSA) is 30.0 Å². The van der Waals surface area contributed by atoms with Crippen LogP contribution in [0, 0.1) is 0 Å². The van der Waals surface area contributed by atoms with Crippen LogP contribution in [0.5, 0.6) is 0 Å². The van der Waals surface area contributed by atoms with Gasteiger partial charge in [-0.1, -0.05) is 12.2 Å². The van der Waals surface area contributed by atoms with Crippen LogP contribution in [0.4, 0.5) is 0 Å². The summed E-state index contributed by atoms with van der Waals surface area (Å²) in [5.74, 6) is 0. The van der Waals surface area contributed by atoms with Crippen LogP contribution in [0.3, 0.4) is 0 Å². The first-order valence-electron chi connectivity index (χ1n) is 4.02. The quantitative estimate of drug-likeness (QED) is 0.550. The lowest BCUT2D eigenvalue weighted by Crippen LogP contribution is -2.27. The first-order chi connectivity index (χ1) is 5.90. The number of pyridine rings is 1. The maximum atomic E-state index is 10.4. The van der Waals surface area contributed by atoms with Crippen molar-refractivity contribution in [3.63, 3.8) is 0 Å². The number of nitrogens with zero attached hydrogens (tertiary/aromatic N) is 1. The van der Waals surface area contributed by atoms with Crippen molar-refractivity contribution in [2.75, 3.05) is 0 Å². The minimum atomic E-state index is 0.514. The van der Waals surface area contributed by atoms with Crippen LogP contribution in [-0.2, 0) is 0 Å². The SMILES string of the molecule is O=Cc1cc2c(cn1)=CCCC=2. The zero-order valence-electron chi connectivity index (χ0n) is 6.66. The van der Waals surface area contributed by atoms with E-state index in [0.717, 1.165) is 29.6 Å². The van der Waals surface area contributed by atoms with Gasteiger partial charge < -0.3 is 0 Å². The van der Waals surface area contributed by atoms with Crippen LogP contribution >= 0.6 is 0 Å². The normalized spacial score (nSPS) is 14.0. The number of carbonyl (C=O) groups is 1. The smallest absolute Gasteiger partial charge is 0.168 e. The Labute approximate surface area is 70.3 Å². The highest BCUT2D eigenvalue weighted by Crippen LogP contribution is 1.94. The Kier molecular flexibility index (Phi) is 1.74. The van der Waals surface area contributed by atoms with Crippen LogP contribution in [0.25, 0.3) is 12.2 Å². The van der Waals surface area contributed by atoms with E-state index in [2.05, 4.69) is 17.1 Å².